The van der Waals surface area contributed by atoms with Crippen molar-refractivity contribution in [3.8, 4) is 5.75 Å². The molecule has 0 heterocycles. The van der Waals surface area contributed by atoms with Gasteiger partial charge in [0.15, 0.2) is 6.71 Å². The molecule has 1 nitrogen and oxygen atoms in total. The number of hydrogen-bond acceptors (Lipinski definition) is 1. The predicted molar refractivity (Wildman–Crippen MR) is 83.9 cm³/mol. The molecule has 2 aromatic rings. The Morgan fingerprint density at radius 2 is 1.75 bits per heavy atom. The van der Waals surface area contributed by atoms with Crippen LogP contribution in [0.15, 0.2) is 42.5 Å². The maximum atomic E-state index is 13.4. The summed E-state index contributed by atoms with van der Waals surface area (Å²) in [4.78, 5) is 0. The molecule has 0 fully saturated rings. The Labute approximate surface area is 120 Å². The van der Waals surface area contributed by atoms with E-state index in [2.05, 4.69) is 25.8 Å². The van der Waals surface area contributed by atoms with E-state index in [9.17, 15) is 4.39 Å². The average molecular weight is 270 g/mol. The van der Waals surface area contributed by atoms with Crippen molar-refractivity contribution in [3.05, 3.63) is 59.4 Å². The lowest BCUT2D eigenvalue weighted by atomic mass is 9.49. The van der Waals surface area contributed by atoms with E-state index in [1.807, 2.05) is 24.3 Å². The van der Waals surface area contributed by atoms with Crippen molar-refractivity contribution in [2.75, 3.05) is 6.61 Å². The first-order valence-electron chi connectivity index (χ1n) is 7.04. The summed E-state index contributed by atoms with van der Waals surface area (Å²) in [6.45, 7) is 7.19. The summed E-state index contributed by atoms with van der Waals surface area (Å²) < 4.78 is 19.1. The summed E-state index contributed by atoms with van der Waals surface area (Å²) in [6, 6.07) is 13.5. The van der Waals surface area contributed by atoms with Gasteiger partial charge in [0.25, 0.3) is 0 Å². The van der Waals surface area contributed by atoms with Gasteiger partial charge in [-0.15, -0.1) is 0 Å². The quantitative estimate of drug-likeness (QED) is 0.752. The molecule has 0 radical (unpaired) electrons. The highest BCUT2D eigenvalue weighted by molar-refractivity contribution is 6.70. The van der Waals surface area contributed by atoms with Gasteiger partial charge < -0.3 is 4.74 Å². The zero-order valence-corrected chi connectivity index (χ0v) is 12.3. The summed E-state index contributed by atoms with van der Waals surface area (Å²) in [6.07, 6.45) is 0.711. The van der Waals surface area contributed by atoms with Gasteiger partial charge in [0.1, 0.15) is 11.6 Å². The van der Waals surface area contributed by atoms with E-state index in [0.29, 0.717) is 25.3 Å². The minimum atomic E-state index is -0.149. The third kappa shape index (κ3) is 3.86. The maximum absolute atomic E-state index is 13.4. The summed E-state index contributed by atoms with van der Waals surface area (Å²) in [7, 11) is 0. The molecule has 0 aliphatic heterocycles. The normalized spacial score (nSPS) is 10.4. The minimum Gasteiger partial charge on any atom is -0.493 e. The fourth-order valence-corrected chi connectivity index (χ4v) is 2.03. The molecule has 0 spiro atoms. The molecule has 0 aliphatic carbocycles. The van der Waals surface area contributed by atoms with Gasteiger partial charge in [0, 0.05) is 6.42 Å². The van der Waals surface area contributed by atoms with Crippen LogP contribution >= 0.6 is 0 Å². The lowest BCUT2D eigenvalue weighted by Crippen LogP contribution is -2.21. The SMILES string of the molecule is CB(C)c1ccc(OCCc2ccc(C)c(F)c2)cc1. The topological polar surface area (TPSA) is 9.23 Å². The molecular weight excluding hydrogens is 250 g/mol. The van der Waals surface area contributed by atoms with E-state index in [1.54, 1.807) is 13.0 Å². The smallest absolute Gasteiger partial charge is 0.169 e. The Morgan fingerprint density at radius 3 is 2.35 bits per heavy atom. The van der Waals surface area contributed by atoms with Crippen molar-refractivity contribution >= 4 is 12.2 Å². The first-order valence-corrected chi connectivity index (χ1v) is 7.04. The van der Waals surface area contributed by atoms with Gasteiger partial charge in [-0.3, -0.25) is 0 Å². The number of ether oxygens (including phenoxy) is 1. The fourth-order valence-electron chi connectivity index (χ4n) is 2.03. The fraction of sp³-hybridized carbons (Fsp3) is 0.294. The molecule has 0 bridgehead atoms. The molecule has 0 aliphatic rings. The summed E-state index contributed by atoms with van der Waals surface area (Å²) in [5, 5.41) is 0. The third-order valence-electron chi connectivity index (χ3n) is 3.44. The molecule has 104 valence electrons. The van der Waals surface area contributed by atoms with Crippen LogP contribution in [0.1, 0.15) is 11.1 Å². The third-order valence-corrected chi connectivity index (χ3v) is 3.44. The largest absolute Gasteiger partial charge is 0.493 e. The Kier molecular flexibility index (Phi) is 4.83. The molecule has 0 N–H and O–H groups in total. The van der Waals surface area contributed by atoms with E-state index in [1.165, 1.54) is 5.46 Å². The van der Waals surface area contributed by atoms with Crippen molar-refractivity contribution in [2.45, 2.75) is 27.0 Å². The second-order valence-electron chi connectivity index (χ2n) is 5.41. The highest BCUT2D eigenvalue weighted by Gasteiger charge is 2.03. The number of aryl methyl sites for hydroxylation is 1. The van der Waals surface area contributed by atoms with Crippen LogP contribution in [0.25, 0.3) is 0 Å². The predicted octanol–water partition coefficient (Wildman–Crippen LogP) is 3.72. The van der Waals surface area contributed by atoms with Crippen molar-refractivity contribution in [1.29, 1.82) is 0 Å². The van der Waals surface area contributed by atoms with Crippen LogP contribution < -0.4 is 10.2 Å². The van der Waals surface area contributed by atoms with Gasteiger partial charge in [-0.1, -0.05) is 43.4 Å². The van der Waals surface area contributed by atoms with Crippen LogP contribution in [0, 0.1) is 12.7 Å². The standard InChI is InChI=1S/C17H20BFO/c1-13-4-5-14(12-17(13)19)10-11-20-16-8-6-15(7-9-16)18(2)3/h4-9,12H,10-11H2,1-3H3. The summed E-state index contributed by atoms with van der Waals surface area (Å²) in [5.41, 5.74) is 2.95. The second-order valence-corrected chi connectivity index (χ2v) is 5.41. The van der Waals surface area contributed by atoms with Crippen molar-refractivity contribution < 1.29 is 9.13 Å². The highest BCUT2D eigenvalue weighted by Crippen LogP contribution is 2.12. The Bertz CT molecular complexity index is 564. The zero-order valence-electron chi connectivity index (χ0n) is 12.3. The number of benzene rings is 2. The van der Waals surface area contributed by atoms with Crippen LogP contribution in [0.3, 0.4) is 0 Å². The molecule has 0 amide bonds. The molecule has 2 aromatic carbocycles. The van der Waals surface area contributed by atoms with Crippen LogP contribution in [0.5, 0.6) is 5.75 Å². The zero-order chi connectivity index (χ0) is 14.5. The first-order chi connectivity index (χ1) is 9.56. The maximum Gasteiger partial charge on any atom is 0.169 e. The van der Waals surface area contributed by atoms with E-state index >= 15 is 0 Å². The monoisotopic (exact) mass is 270 g/mol. The molecule has 0 atom stereocenters. The number of halogens is 1. The minimum absolute atomic E-state index is 0.149. The lowest BCUT2D eigenvalue weighted by Gasteiger charge is -2.08. The van der Waals surface area contributed by atoms with E-state index in [0.717, 1.165) is 11.3 Å². The van der Waals surface area contributed by atoms with Gasteiger partial charge in [-0.2, -0.15) is 0 Å². The van der Waals surface area contributed by atoms with Crippen LogP contribution in [0.2, 0.25) is 13.6 Å². The molecule has 3 heteroatoms. The van der Waals surface area contributed by atoms with E-state index in [4.69, 9.17) is 4.74 Å². The second kappa shape index (κ2) is 6.60. The van der Waals surface area contributed by atoms with Crippen LogP contribution in [-0.4, -0.2) is 13.3 Å². The Balaban J connectivity index is 1.87. The molecule has 0 aromatic heterocycles. The van der Waals surface area contributed by atoms with Gasteiger partial charge in [0.2, 0.25) is 0 Å². The number of hydrogen-bond donors (Lipinski definition) is 0. The molecule has 20 heavy (non-hydrogen) atoms. The summed E-state index contributed by atoms with van der Waals surface area (Å²) >= 11 is 0. The molecule has 2 rings (SSSR count). The van der Waals surface area contributed by atoms with Crippen LogP contribution in [-0.2, 0) is 6.42 Å². The van der Waals surface area contributed by atoms with Crippen molar-refractivity contribution in [2.24, 2.45) is 0 Å². The lowest BCUT2D eigenvalue weighted by molar-refractivity contribution is 0.322. The van der Waals surface area contributed by atoms with Gasteiger partial charge in [0.05, 0.1) is 6.61 Å². The molecule has 0 saturated carbocycles. The molecule has 0 saturated heterocycles. The van der Waals surface area contributed by atoms with Gasteiger partial charge in [-0.25, -0.2) is 4.39 Å². The highest BCUT2D eigenvalue weighted by atomic mass is 19.1. The van der Waals surface area contributed by atoms with Crippen molar-refractivity contribution in [1.82, 2.24) is 0 Å². The number of rotatable bonds is 5. The molecule has 0 unspecified atom stereocenters. The Morgan fingerprint density at radius 1 is 1.05 bits per heavy atom. The van der Waals surface area contributed by atoms with Crippen LogP contribution in [0.4, 0.5) is 4.39 Å². The van der Waals surface area contributed by atoms with Gasteiger partial charge in [-0.05, 0) is 36.2 Å². The molecular formula is C17H20BFO. The average Bonchev–Trinajstić information content (AvgIpc) is 2.43. The summed E-state index contributed by atoms with van der Waals surface area (Å²) in [5.74, 6) is 0.714. The van der Waals surface area contributed by atoms with Crippen molar-refractivity contribution in [3.63, 3.8) is 0 Å². The van der Waals surface area contributed by atoms with E-state index in [-0.39, 0.29) is 5.82 Å². The van der Waals surface area contributed by atoms with E-state index < -0.39 is 0 Å². The van der Waals surface area contributed by atoms with Gasteiger partial charge >= 0.3 is 0 Å². The Hall–Kier alpha value is -1.77. The first kappa shape index (κ1) is 14.6.